The molecule has 4 heteroatoms. The van der Waals surface area contributed by atoms with Gasteiger partial charge in [0.2, 0.25) is 0 Å². The van der Waals surface area contributed by atoms with Crippen molar-refractivity contribution in [3.63, 3.8) is 0 Å². The summed E-state index contributed by atoms with van der Waals surface area (Å²) in [6.45, 7) is 1.94. The van der Waals surface area contributed by atoms with E-state index in [4.69, 9.17) is 4.74 Å². The van der Waals surface area contributed by atoms with E-state index in [0.717, 1.165) is 17.3 Å². The van der Waals surface area contributed by atoms with Gasteiger partial charge >= 0.3 is 0 Å². The zero-order valence-corrected chi connectivity index (χ0v) is 8.14. The van der Waals surface area contributed by atoms with Crippen molar-refractivity contribution >= 4 is 0 Å². The predicted molar refractivity (Wildman–Crippen MR) is 52.6 cm³/mol. The molecule has 0 spiro atoms. The van der Waals surface area contributed by atoms with E-state index in [0.29, 0.717) is 0 Å². The number of methoxy groups -OCH3 is 1. The van der Waals surface area contributed by atoms with E-state index < -0.39 is 0 Å². The molecule has 0 radical (unpaired) electrons. The summed E-state index contributed by atoms with van der Waals surface area (Å²) in [5.41, 5.74) is 0.975. The van der Waals surface area contributed by atoms with E-state index in [1.165, 1.54) is 0 Å². The summed E-state index contributed by atoms with van der Waals surface area (Å²) in [5, 5.41) is 4.25. The maximum Gasteiger partial charge on any atom is 0.153 e. The topological polar surface area (TPSA) is 39.9 Å². The highest BCUT2D eigenvalue weighted by Gasteiger charge is 1.99. The summed E-state index contributed by atoms with van der Waals surface area (Å²) < 4.78 is 6.75. The van der Waals surface area contributed by atoms with Gasteiger partial charge in [-0.25, -0.2) is 9.67 Å². The summed E-state index contributed by atoms with van der Waals surface area (Å²) in [6, 6.07) is 5.66. The second kappa shape index (κ2) is 3.49. The maximum absolute atomic E-state index is 5.02. The number of aromatic nitrogens is 3. The first kappa shape index (κ1) is 8.74. The highest BCUT2D eigenvalue weighted by molar-refractivity contribution is 5.28. The van der Waals surface area contributed by atoms with Crippen LogP contribution in [0.25, 0.3) is 5.82 Å². The second-order valence-corrected chi connectivity index (χ2v) is 2.96. The molecule has 0 fully saturated rings. The number of hydrogen-bond acceptors (Lipinski definition) is 3. The Morgan fingerprint density at radius 1 is 1.29 bits per heavy atom. The van der Waals surface area contributed by atoms with Gasteiger partial charge in [0.05, 0.1) is 19.0 Å². The molecule has 0 aliphatic heterocycles. The van der Waals surface area contributed by atoms with Gasteiger partial charge in [0.25, 0.3) is 0 Å². The molecule has 0 amide bonds. The number of ether oxygens (including phenoxy) is 1. The molecule has 0 aliphatic rings. The molecule has 4 nitrogen and oxygen atoms in total. The Hall–Kier alpha value is -1.84. The Bertz CT molecular complexity index is 419. The van der Waals surface area contributed by atoms with Crippen molar-refractivity contribution in [1.82, 2.24) is 14.8 Å². The molecule has 2 heterocycles. The second-order valence-electron chi connectivity index (χ2n) is 2.96. The molecule has 2 aromatic rings. The van der Waals surface area contributed by atoms with Crippen LogP contribution in [0.5, 0.6) is 5.75 Å². The number of pyridine rings is 1. The fourth-order valence-corrected chi connectivity index (χ4v) is 1.17. The van der Waals surface area contributed by atoms with Crippen LogP contribution in [0.4, 0.5) is 0 Å². The third-order valence-electron chi connectivity index (χ3n) is 1.91. The van der Waals surface area contributed by atoms with Crippen LogP contribution in [-0.4, -0.2) is 21.9 Å². The van der Waals surface area contributed by atoms with Gasteiger partial charge < -0.3 is 4.74 Å². The molecule has 0 saturated carbocycles. The van der Waals surface area contributed by atoms with Crippen LogP contribution in [0.3, 0.4) is 0 Å². The van der Waals surface area contributed by atoms with Crippen LogP contribution >= 0.6 is 0 Å². The van der Waals surface area contributed by atoms with Crippen molar-refractivity contribution in [1.29, 1.82) is 0 Å². The van der Waals surface area contributed by atoms with Crippen molar-refractivity contribution in [2.24, 2.45) is 0 Å². The van der Waals surface area contributed by atoms with Crippen molar-refractivity contribution in [2.45, 2.75) is 6.92 Å². The average Bonchev–Trinajstić information content (AvgIpc) is 2.65. The zero-order chi connectivity index (χ0) is 9.97. The first-order chi connectivity index (χ1) is 6.79. The van der Waals surface area contributed by atoms with Crippen molar-refractivity contribution in [3.8, 4) is 11.6 Å². The minimum Gasteiger partial charge on any atom is -0.495 e. The smallest absolute Gasteiger partial charge is 0.153 e. The molecule has 0 N–H and O–H groups in total. The molecule has 0 saturated heterocycles. The van der Waals surface area contributed by atoms with Crippen molar-refractivity contribution in [2.75, 3.05) is 7.11 Å². The third-order valence-corrected chi connectivity index (χ3v) is 1.91. The Morgan fingerprint density at radius 2 is 2.14 bits per heavy atom. The molecule has 2 aromatic heterocycles. The summed E-state index contributed by atoms with van der Waals surface area (Å²) >= 11 is 0. The zero-order valence-electron chi connectivity index (χ0n) is 8.14. The van der Waals surface area contributed by atoms with Crippen molar-refractivity contribution < 1.29 is 4.74 Å². The van der Waals surface area contributed by atoms with Crippen molar-refractivity contribution in [3.05, 3.63) is 36.3 Å². The monoisotopic (exact) mass is 189 g/mol. The normalized spacial score (nSPS) is 10.1. The molecule has 72 valence electrons. The Balaban J connectivity index is 2.33. The standard InChI is InChI=1S/C10H11N3O/c1-8-5-6-13(12-8)10-4-3-9(14-2)7-11-10/h3-7H,1-2H3. The van der Waals surface area contributed by atoms with Gasteiger partial charge in [-0.1, -0.05) is 0 Å². The van der Waals surface area contributed by atoms with Gasteiger partial charge in [0.15, 0.2) is 5.82 Å². The summed E-state index contributed by atoms with van der Waals surface area (Å²) in [5.74, 6) is 1.54. The Labute approximate surface area is 82.2 Å². The largest absolute Gasteiger partial charge is 0.495 e. The van der Waals surface area contributed by atoms with Gasteiger partial charge in [0.1, 0.15) is 5.75 Å². The van der Waals surface area contributed by atoms with Gasteiger partial charge in [-0.3, -0.25) is 0 Å². The lowest BCUT2D eigenvalue weighted by Gasteiger charge is -2.01. The molecule has 2 rings (SSSR count). The van der Waals surface area contributed by atoms with Gasteiger partial charge in [-0.2, -0.15) is 5.10 Å². The lowest BCUT2D eigenvalue weighted by atomic mass is 10.4. The summed E-state index contributed by atoms with van der Waals surface area (Å²) in [4.78, 5) is 4.21. The van der Waals surface area contributed by atoms with Gasteiger partial charge in [-0.05, 0) is 25.1 Å². The fraction of sp³-hybridized carbons (Fsp3) is 0.200. The average molecular weight is 189 g/mol. The van der Waals surface area contributed by atoms with Crippen LogP contribution in [0.15, 0.2) is 30.6 Å². The number of nitrogens with zero attached hydrogens (tertiary/aromatic N) is 3. The third kappa shape index (κ3) is 1.59. The SMILES string of the molecule is COc1ccc(-n2ccc(C)n2)nc1. The number of aryl methyl sites for hydroxylation is 1. The van der Waals surface area contributed by atoms with E-state index >= 15 is 0 Å². The van der Waals surface area contributed by atoms with Gasteiger partial charge in [-0.15, -0.1) is 0 Å². The number of hydrogen-bond donors (Lipinski definition) is 0. The molecule has 14 heavy (non-hydrogen) atoms. The van der Waals surface area contributed by atoms with E-state index in [1.807, 2.05) is 31.3 Å². The minimum absolute atomic E-state index is 0.748. The van der Waals surface area contributed by atoms with Crippen LogP contribution < -0.4 is 4.74 Å². The van der Waals surface area contributed by atoms with E-state index in [2.05, 4.69) is 10.1 Å². The lowest BCUT2D eigenvalue weighted by molar-refractivity contribution is 0.412. The highest BCUT2D eigenvalue weighted by atomic mass is 16.5. The molecule has 0 unspecified atom stereocenters. The highest BCUT2D eigenvalue weighted by Crippen LogP contribution is 2.10. The quantitative estimate of drug-likeness (QED) is 0.720. The van der Waals surface area contributed by atoms with Crippen LogP contribution in [0.2, 0.25) is 0 Å². The minimum atomic E-state index is 0.748. The molecule has 0 atom stereocenters. The first-order valence-electron chi connectivity index (χ1n) is 4.32. The lowest BCUT2D eigenvalue weighted by Crippen LogP contribution is -1.98. The first-order valence-corrected chi connectivity index (χ1v) is 4.32. The van der Waals surface area contributed by atoms with Crippen LogP contribution in [0, 0.1) is 6.92 Å². The fourth-order valence-electron chi connectivity index (χ4n) is 1.17. The maximum atomic E-state index is 5.02. The summed E-state index contributed by atoms with van der Waals surface area (Å²) in [6.07, 6.45) is 3.55. The molecule has 0 aliphatic carbocycles. The molecule has 0 bridgehead atoms. The van der Waals surface area contributed by atoms with Crippen LogP contribution in [0.1, 0.15) is 5.69 Å². The van der Waals surface area contributed by atoms with E-state index in [-0.39, 0.29) is 0 Å². The number of rotatable bonds is 2. The predicted octanol–water partition coefficient (Wildman–Crippen LogP) is 1.58. The Morgan fingerprint density at radius 3 is 2.64 bits per heavy atom. The summed E-state index contributed by atoms with van der Waals surface area (Å²) in [7, 11) is 1.62. The van der Waals surface area contributed by atoms with Crippen LogP contribution in [-0.2, 0) is 0 Å². The van der Waals surface area contributed by atoms with Gasteiger partial charge in [0, 0.05) is 6.20 Å². The molecular weight excluding hydrogens is 178 g/mol. The molecule has 0 aromatic carbocycles. The molecular formula is C10H11N3O. The van der Waals surface area contributed by atoms with E-state index in [1.54, 1.807) is 18.0 Å². The van der Waals surface area contributed by atoms with E-state index in [9.17, 15) is 0 Å². The Kier molecular flexibility index (Phi) is 2.18.